The molecule has 0 radical (unpaired) electrons. The Balaban J connectivity index is 0.00000110. The summed E-state index contributed by atoms with van der Waals surface area (Å²) in [6.45, 7) is 4.14. The van der Waals surface area contributed by atoms with Gasteiger partial charge in [0.15, 0.2) is 0 Å². The van der Waals surface area contributed by atoms with E-state index in [1.54, 1.807) is 12.1 Å². The zero-order valence-electron chi connectivity index (χ0n) is 11.9. The van der Waals surface area contributed by atoms with Crippen LogP contribution in [0, 0.1) is 11.7 Å². The number of rotatable bonds is 4. The average Bonchev–Trinajstić information content (AvgIpc) is 3.24. The van der Waals surface area contributed by atoms with Crippen LogP contribution in [0.25, 0.3) is 0 Å². The summed E-state index contributed by atoms with van der Waals surface area (Å²) in [7, 11) is 0. The molecule has 1 atom stereocenters. The number of hydrogen-bond donors (Lipinski definition) is 1. The monoisotopic (exact) mass is 354 g/mol. The second-order valence-electron chi connectivity index (χ2n) is 5.65. The molecule has 1 saturated carbocycles. The minimum Gasteiger partial charge on any atom is -0.314 e. The number of piperazine rings is 1. The van der Waals surface area contributed by atoms with Crippen molar-refractivity contribution in [3.8, 4) is 0 Å². The van der Waals surface area contributed by atoms with E-state index in [1.807, 2.05) is 6.07 Å². The van der Waals surface area contributed by atoms with Gasteiger partial charge in [0.2, 0.25) is 0 Å². The quantitative estimate of drug-likeness (QED) is 0.876. The van der Waals surface area contributed by atoms with Crippen molar-refractivity contribution < 1.29 is 4.39 Å². The molecule has 21 heavy (non-hydrogen) atoms. The highest BCUT2D eigenvalue weighted by Crippen LogP contribution is 2.40. The van der Waals surface area contributed by atoms with E-state index in [1.165, 1.54) is 12.8 Å². The Morgan fingerprint density at radius 2 is 1.90 bits per heavy atom. The molecular weight excluding hydrogens is 334 g/mol. The lowest BCUT2D eigenvalue weighted by Crippen LogP contribution is -2.45. The van der Waals surface area contributed by atoms with E-state index in [0.717, 1.165) is 44.1 Å². The molecule has 3 rings (SSSR count). The molecule has 1 aliphatic heterocycles. The fourth-order valence-electron chi connectivity index (χ4n) is 2.88. The highest BCUT2D eigenvalue weighted by atomic mass is 35.5. The lowest BCUT2D eigenvalue weighted by atomic mass is 9.98. The minimum absolute atomic E-state index is 0. The number of hydrogen-bond acceptors (Lipinski definition) is 2. The molecule has 1 N–H and O–H groups in total. The Bertz CT molecular complexity index is 449. The molecule has 120 valence electrons. The van der Waals surface area contributed by atoms with Crippen molar-refractivity contribution in [3.63, 3.8) is 0 Å². The third-order valence-corrected chi connectivity index (χ3v) is 4.48. The third-order valence-electron chi connectivity index (χ3n) is 4.17. The molecule has 0 bridgehead atoms. The van der Waals surface area contributed by atoms with Crippen molar-refractivity contribution in [1.29, 1.82) is 0 Å². The Morgan fingerprint density at radius 3 is 2.48 bits per heavy atom. The smallest absolute Gasteiger partial charge is 0.142 e. The number of nitrogens with zero attached hydrogens (tertiary/aromatic N) is 1. The van der Waals surface area contributed by atoms with E-state index in [2.05, 4.69) is 10.2 Å². The first kappa shape index (κ1) is 19.0. The first-order valence-corrected chi connectivity index (χ1v) is 7.51. The van der Waals surface area contributed by atoms with Gasteiger partial charge in [-0.15, -0.1) is 24.8 Å². The van der Waals surface area contributed by atoms with Crippen molar-refractivity contribution in [2.24, 2.45) is 5.92 Å². The molecule has 0 aromatic heterocycles. The predicted molar refractivity (Wildman–Crippen MR) is 90.4 cm³/mol. The Kier molecular flexibility index (Phi) is 7.72. The molecule has 2 aliphatic rings. The van der Waals surface area contributed by atoms with Crippen LogP contribution in [-0.4, -0.2) is 31.1 Å². The summed E-state index contributed by atoms with van der Waals surface area (Å²) >= 11 is 5.79. The van der Waals surface area contributed by atoms with Gasteiger partial charge < -0.3 is 5.32 Å². The van der Waals surface area contributed by atoms with Gasteiger partial charge in [0, 0.05) is 32.2 Å². The van der Waals surface area contributed by atoms with Crippen LogP contribution in [0.4, 0.5) is 4.39 Å². The van der Waals surface area contributed by atoms with Crippen LogP contribution < -0.4 is 5.32 Å². The largest absolute Gasteiger partial charge is 0.314 e. The number of benzene rings is 1. The van der Waals surface area contributed by atoms with Gasteiger partial charge in [-0.2, -0.15) is 0 Å². The summed E-state index contributed by atoms with van der Waals surface area (Å²) in [5.41, 5.74) is 1.08. The highest BCUT2D eigenvalue weighted by molar-refractivity contribution is 6.30. The van der Waals surface area contributed by atoms with E-state index >= 15 is 0 Å². The Morgan fingerprint density at radius 1 is 1.24 bits per heavy atom. The average molecular weight is 356 g/mol. The molecular formula is C15H22Cl3FN2. The molecule has 0 amide bonds. The first-order chi connectivity index (χ1) is 9.24. The molecule has 1 aromatic carbocycles. The molecule has 1 aromatic rings. The SMILES string of the molecule is Cl.Cl.Fc1cc([C@H](CC2CC2)N2CCNCC2)ccc1Cl. The maximum absolute atomic E-state index is 13.7. The zero-order chi connectivity index (χ0) is 13.2. The van der Waals surface area contributed by atoms with Crippen LogP contribution in [-0.2, 0) is 0 Å². The van der Waals surface area contributed by atoms with Gasteiger partial charge in [0.25, 0.3) is 0 Å². The van der Waals surface area contributed by atoms with Gasteiger partial charge >= 0.3 is 0 Å². The summed E-state index contributed by atoms with van der Waals surface area (Å²) < 4.78 is 13.7. The summed E-state index contributed by atoms with van der Waals surface area (Å²) in [5, 5.41) is 3.59. The van der Waals surface area contributed by atoms with Crippen LogP contribution in [0.15, 0.2) is 18.2 Å². The van der Waals surface area contributed by atoms with Crippen molar-refractivity contribution in [2.45, 2.75) is 25.3 Å². The van der Waals surface area contributed by atoms with E-state index in [0.29, 0.717) is 6.04 Å². The second kappa shape index (κ2) is 8.54. The molecule has 1 saturated heterocycles. The van der Waals surface area contributed by atoms with Gasteiger partial charge in [0.1, 0.15) is 5.82 Å². The Hall–Kier alpha value is -0.0600. The Labute approximate surface area is 143 Å². The maximum Gasteiger partial charge on any atom is 0.142 e. The van der Waals surface area contributed by atoms with Gasteiger partial charge in [0.05, 0.1) is 5.02 Å². The molecule has 0 unspecified atom stereocenters. The van der Waals surface area contributed by atoms with Crippen molar-refractivity contribution >= 4 is 36.4 Å². The first-order valence-electron chi connectivity index (χ1n) is 7.14. The summed E-state index contributed by atoms with van der Waals surface area (Å²) in [4.78, 5) is 2.48. The van der Waals surface area contributed by atoms with E-state index in [-0.39, 0.29) is 35.7 Å². The zero-order valence-corrected chi connectivity index (χ0v) is 14.2. The van der Waals surface area contributed by atoms with Gasteiger partial charge in [-0.25, -0.2) is 4.39 Å². The summed E-state index contributed by atoms with van der Waals surface area (Å²) in [6.07, 6.45) is 3.82. The fraction of sp³-hybridized carbons (Fsp3) is 0.600. The molecule has 6 heteroatoms. The highest BCUT2D eigenvalue weighted by Gasteiger charge is 2.30. The van der Waals surface area contributed by atoms with Gasteiger partial charge in [-0.05, 0) is 30.0 Å². The van der Waals surface area contributed by atoms with Crippen molar-refractivity contribution in [2.75, 3.05) is 26.2 Å². The minimum atomic E-state index is -0.296. The standard InChI is InChI=1S/C15H20ClFN2.2ClH/c16-13-4-3-12(10-14(13)17)15(9-11-1-2-11)19-7-5-18-6-8-19;;/h3-4,10-11,15,18H,1-2,5-9H2;2*1H/t15-;;/m0../s1. The predicted octanol–water partition coefficient (Wildman–Crippen LogP) is 4.07. The molecule has 1 heterocycles. The van der Waals surface area contributed by atoms with Crippen LogP contribution in [0.2, 0.25) is 5.02 Å². The van der Waals surface area contributed by atoms with Crippen molar-refractivity contribution in [3.05, 3.63) is 34.6 Å². The maximum atomic E-state index is 13.7. The topological polar surface area (TPSA) is 15.3 Å². The normalized spacial score (nSPS) is 20.3. The number of halogens is 4. The molecule has 2 fully saturated rings. The van der Waals surface area contributed by atoms with Crippen LogP contribution in [0.1, 0.15) is 30.9 Å². The third kappa shape index (κ3) is 4.97. The molecule has 1 aliphatic carbocycles. The van der Waals surface area contributed by atoms with Crippen LogP contribution in [0.5, 0.6) is 0 Å². The fourth-order valence-corrected chi connectivity index (χ4v) is 3.00. The summed E-state index contributed by atoms with van der Waals surface area (Å²) in [5.74, 6) is 0.536. The summed E-state index contributed by atoms with van der Waals surface area (Å²) in [6, 6.07) is 5.65. The molecule has 0 spiro atoms. The lowest BCUT2D eigenvalue weighted by molar-refractivity contribution is 0.160. The van der Waals surface area contributed by atoms with Crippen LogP contribution >= 0.6 is 36.4 Å². The van der Waals surface area contributed by atoms with Gasteiger partial charge in [-0.3, -0.25) is 4.90 Å². The van der Waals surface area contributed by atoms with Crippen molar-refractivity contribution in [1.82, 2.24) is 10.2 Å². The van der Waals surface area contributed by atoms with Crippen LogP contribution in [0.3, 0.4) is 0 Å². The molecule has 2 nitrogen and oxygen atoms in total. The van der Waals surface area contributed by atoms with E-state index < -0.39 is 0 Å². The van der Waals surface area contributed by atoms with E-state index in [4.69, 9.17) is 11.6 Å². The van der Waals surface area contributed by atoms with Gasteiger partial charge in [-0.1, -0.05) is 30.5 Å². The number of nitrogens with one attached hydrogen (secondary N) is 1. The second-order valence-corrected chi connectivity index (χ2v) is 6.06. The van der Waals surface area contributed by atoms with E-state index in [9.17, 15) is 4.39 Å². The lowest BCUT2D eigenvalue weighted by Gasteiger charge is -2.35.